The van der Waals surface area contributed by atoms with Gasteiger partial charge in [0.2, 0.25) is 0 Å². The van der Waals surface area contributed by atoms with Crippen LogP contribution < -0.4 is 66.6 Å². The molecular formula is C107H106Cl5N5O8. The molecule has 0 saturated carbocycles. The molecule has 17 rings (SSSR count). The Labute approximate surface area is 765 Å². The lowest BCUT2D eigenvalue weighted by Crippen LogP contribution is -3.00. The zero-order chi connectivity index (χ0) is 85.6. The van der Waals surface area contributed by atoms with E-state index >= 15 is 0 Å². The second kappa shape index (κ2) is 41.5. The van der Waals surface area contributed by atoms with Gasteiger partial charge in [-0.15, -0.1) is 6.42 Å². The van der Waals surface area contributed by atoms with E-state index in [2.05, 4.69) is 165 Å². The van der Waals surface area contributed by atoms with Crippen LogP contribution in [0, 0.1) is 12.3 Å². The number of halogens is 5. The number of rotatable bonds is 21. The zero-order valence-corrected chi connectivity index (χ0v) is 76.5. The second-order valence-corrected chi connectivity index (χ2v) is 35.0. The SMILES string of the molecule is C#CC[N+](C)(C)CC1=Cc2cccc3cccc(c23)C1=O.C=C(C)C(=O)OCC[N+](C)(C)CC1=Cc2cccc3cccc(c23)C1=O.C=CC[N+](C)(C)CC1=Cc2cccc3cccc(c23)C1=O.C=Cc1ccc(C[N+](C)(C)CC2=Cc3cccc4cccc(c34)C2=O)cc1.CC(C)(O)c1cc[n+](CC2=Cc3cccc4cccc(c34)C2=O)cc1.[Cl-].[Cl-].[Cl-].[Cl-].[Cl-]. The Morgan fingerprint density at radius 2 is 0.728 bits per heavy atom. The normalized spacial score (nSPS) is 13.2. The van der Waals surface area contributed by atoms with Crippen LogP contribution >= 0.6 is 0 Å². The molecule has 0 saturated heterocycles. The number of carbonyl (C=O) groups excluding carboxylic acids is 6. The summed E-state index contributed by atoms with van der Waals surface area (Å²) >= 11 is 0. The fourth-order valence-electron chi connectivity index (χ4n) is 16.7. The first-order valence-electron chi connectivity index (χ1n) is 40.7. The van der Waals surface area contributed by atoms with Crippen LogP contribution in [0.15, 0.2) is 290 Å². The van der Waals surface area contributed by atoms with Gasteiger partial charge in [-0.25, -0.2) is 9.36 Å². The summed E-state index contributed by atoms with van der Waals surface area (Å²) < 4.78 is 9.80. The molecule has 1 heterocycles. The molecule has 0 radical (unpaired) electrons. The molecule has 0 atom stereocenters. The first kappa shape index (κ1) is 98.9. The summed E-state index contributed by atoms with van der Waals surface area (Å²) in [7, 11) is 16.8. The van der Waals surface area contributed by atoms with E-state index in [4.69, 9.17) is 11.2 Å². The molecule has 13 nitrogen and oxygen atoms in total. The molecule has 1 aromatic heterocycles. The average Bonchev–Trinajstić information content (AvgIpc) is 0.783. The molecule has 0 spiro atoms. The van der Waals surface area contributed by atoms with Crippen LogP contribution in [-0.2, 0) is 28.2 Å². The van der Waals surface area contributed by atoms with Gasteiger partial charge in [0, 0.05) is 78.0 Å². The topological polar surface area (TPSA) is 136 Å². The highest BCUT2D eigenvalue weighted by molar-refractivity contribution is 6.26. The molecule has 1 N–H and O–H groups in total. The third kappa shape index (κ3) is 22.9. The highest BCUT2D eigenvalue weighted by atomic mass is 35.5. The average molecular weight is 1770 g/mol. The van der Waals surface area contributed by atoms with Gasteiger partial charge in [-0.1, -0.05) is 232 Å². The van der Waals surface area contributed by atoms with Crippen molar-refractivity contribution in [1.29, 1.82) is 0 Å². The number of pyridine rings is 1. The maximum Gasteiger partial charge on any atom is 0.333 e. The number of carbonyl (C=O) groups is 6. The summed E-state index contributed by atoms with van der Waals surface area (Å²) in [5.41, 5.74) is 16.5. The molecule has 5 aliphatic carbocycles. The first-order valence-corrected chi connectivity index (χ1v) is 40.7. The summed E-state index contributed by atoms with van der Waals surface area (Å²) in [6.45, 7) is 22.7. The van der Waals surface area contributed by atoms with E-state index in [0.29, 0.717) is 60.4 Å². The number of aliphatic hydroxyl groups is 1. The molecule has 0 fully saturated rings. The van der Waals surface area contributed by atoms with Gasteiger partial charge in [0.05, 0.1) is 96.4 Å². The number of quaternary nitrogens is 4. The molecule has 0 bridgehead atoms. The van der Waals surface area contributed by atoms with Crippen LogP contribution in [0.25, 0.3) is 90.3 Å². The number of likely N-dealkylation sites (N-methyl/N-ethyl adjacent to an activating group) is 4. The fourth-order valence-corrected chi connectivity index (χ4v) is 16.7. The molecule has 12 aromatic rings. The number of hydrogen-bond donors (Lipinski definition) is 1. The number of terminal acetylenes is 1. The molecule has 0 amide bonds. The maximum atomic E-state index is 13.1. The lowest BCUT2D eigenvalue weighted by molar-refractivity contribution is -0.898. The van der Waals surface area contributed by atoms with Crippen LogP contribution in [0.1, 0.15) is 117 Å². The van der Waals surface area contributed by atoms with Gasteiger partial charge in [0.25, 0.3) is 0 Å². The third-order valence-corrected chi connectivity index (χ3v) is 22.6. The minimum absolute atomic E-state index is 0. The Balaban J connectivity index is 0.000000192. The van der Waals surface area contributed by atoms with Gasteiger partial charge < -0.3 is 89.8 Å². The van der Waals surface area contributed by atoms with Crippen LogP contribution in [0.5, 0.6) is 0 Å². The summed E-state index contributed by atoms with van der Waals surface area (Å²) in [4.78, 5) is 76.1. The highest BCUT2D eigenvalue weighted by Gasteiger charge is 2.33. The summed E-state index contributed by atoms with van der Waals surface area (Å²) in [6, 6.07) is 72.7. The van der Waals surface area contributed by atoms with Crippen LogP contribution in [0.2, 0.25) is 0 Å². The Bertz CT molecular complexity index is 6390. The first-order chi connectivity index (χ1) is 57.2. The number of Topliss-reactive ketones (excluding diaryl/α,β-unsaturated/α-hetero) is 5. The highest BCUT2D eigenvalue weighted by Crippen LogP contribution is 2.38. The van der Waals surface area contributed by atoms with Gasteiger partial charge in [-0.2, -0.15) is 0 Å². The standard InChI is InChI=1S/C25H24NO.C22H24NO3.C22H20NO2.C19H20NO.C19H18NO.5ClH/c1-4-18-11-13-19(14-12-18)16-26(2,3)17-22-15-21-9-5-7-20-8-6-10-23(24(20)21)25(22)27;1-15(2)22(25)26-12-11-23(3,4)14-18-13-17-9-5-7-16-8-6-10-19(20(16)17)21(18)24;1-22(2,25)18-9-11-23(12-10-18)14-17-13-16-7-3-5-15-6-4-8-19(20(15)16)21(17)24;2*1-4-11-20(2,3)13-16-12-15-9-5-7-14-8-6-10-17(18(14)15)19(16)21;;;;;/h4-15H,1,16-17H2,2-3H3;5-10,13H,1,11-12,14H2,2-4H3;3-13,25H,14H2,1-2H3;4-10,12H,1,11,13H2,2-3H3;1,5-10,12H,11,13H2,2-3H3;5*1H/q5*+1;;;;;/p-5. The summed E-state index contributed by atoms with van der Waals surface area (Å²) in [6.07, 6.45) is 23.1. The Morgan fingerprint density at radius 1 is 0.424 bits per heavy atom. The van der Waals surface area contributed by atoms with Gasteiger partial charge in [0.15, 0.2) is 47.9 Å². The van der Waals surface area contributed by atoms with Crippen molar-refractivity contribution < 1.29 is 123 Å². The van der Waals surface area contributed by atoms with E-state index in [1.54, 1.807) is 20.8 Å². The molecular weight excluding hydrogens is 1660 g/mol. The number of esters is 1. The van der Waals surface area contributed by atoms with Gasteiger partial charge in [0.1, 0.15) is 52.4 Å². The fraction of sp³-hybridized carbons (Fsp3) is 0.206. The quantitative estimate of drug-likeness (QED) is 0.0280. The van der Waals surface area contributed by atoms with Crippen LogP contribution in [0.3, 0.4) is 0 Å². The second-order valence-electron chi connectivity index (χ2n) is 35.0. The van der Waals surface area contributed by atoms with Crippen molar-refractivity contribution >= 4 is 125 Å². The molecule has 0 aliphatic heterocycles. The summed E-state index contributed by atoms with van der Waals surface area (Å²) in [5.74, 6) is 2.93. The molecule has 642 valence electrons. The minimum Gasteiger partial charge on any atom is -1.00 e. The lowest BCUT2D eigenvalue weighted by atomic mass is 9.87. The molecule has 18 heteroatoms. The van der Waals surface area contributed by atoms with Gasteiger partial charge in [-0.3, -0.25) is 24.0 Å². The number of ether oxygens (including phenoxy) is 1. The van der Waals surface area contributed by atoms with Crippen molar-refractivity contribution in [1.82, 2.24) is 0 Å². The number of allylic oxidation sites excluding steroid dienone is 1. The monoisotopic (exact) mass is 1760 g/mol. The maximum absolute atomic E-state index is 13.1. The van der Waals surface area contributed by atoms with Crippen molar-refractivity contribution in [3.05, 3.63) is 362 Å². The summed E-state index contributed by atoms with van der Waals surface area (Å²) in [5, 5.41) is 20.9. The molecule has 0 unspecified atom stereocenters. The largest absolute Gasteiger partial charge is 1.00 e. The Hall–Kier alpha value is -11.6. The third-order valence-electron chi connectivity index (χ3n) is 22.6. The van der Waals surface area contributed by atoms with Crippen molar-refractivity contribution in [3.63, 3.8) is 0 Å². The molecule has 11 aromatic carbocycles. The van der Waals surface area contributed by atoms with E-state index in [0.717, 1.165) is 177 Å². The number of hydrogen-bond acceptors (Lipinski definition) is 8. The van der Waals surface area contributed by atoms with E-state index in [9.17, 15) is 33.9 Å². The Morgan fingerprint density at radius 3 is 1.04 bits per heavy atom. The lowest BCUT2D eigenvalue weighted by Gasteiger charge is -2.31. The van der Waals surface area contributed by atoms with E-state index in [1.807, 2.05) is 195 Å². The molecule has 125 heavy (non-hydrogen) atoms. The molecule has 5 aliphatic rings. The number of benzene rings is 11. The van der Waals surface area contributed by atoms with E-state index in [-0.39, 0.29) is 96.9 Å². The zero-order valence-electron chi connectivity index (χ0n) is 72.7. The van der Waals surface area contributed by atoms with Crippen molar-refractivity contribution in [2.24, 2.45) is 0 Å². The predicted octanol–water partition coefficient (Wildman–Crippen LogP) is 4.42. The number of ketones is 5. The van der Waals surface area contributed by atoms with Crippen LogP contribution in [0.4, 0.5) is 0 Å². The van der Waals surface area contributed by atoms with E-state index in [1.165, 1.54) is 5.56 Å². The number of aromatic nitrogens is 1. The predicted molar refractivity (Wildman–Crippen MR) is 491 cm³/mol. The van der Waals surface area contributed by atoms with Crippen molar-refractivity contribution in [2.75, 3.05) is 109 Å². The van der Waals surface area contributed by atoms with Crippen molar-refractivity contribution in [2.45, 2.75) is 39.5 Å². The number of nitrogens with zero attached hydrogens (tertiary/aromatic N) is 5. The van der Waals surface area contributed by atoms with Gasteiger partial charge >= 0.3 is 5.97 Å². The Kier molecular flexibility index (Phi) is 32.8. The smallest absolute Gasteiger partial charge is 0.333 e. The minimum atomic E-state index is -0.867. The van der Waals surface area contributed by atoms with Crippen molar-refractivity contribution in [3.8, 4) is 12.3 Å². The van der Waals surface area contributed by atoms with Gasteiger partial charge in [-0.05, 0) is 129 Å². The van der Waals surface area contributed by atoms with Crippen LogP contribution in [-0.4, -0.2) is 167 Å². The van der Waals surface area contributed by atoms with E-state index < -0.39 is 5.60 Å².